The molecule has 0 amide bonds. The van der Waals surface area contributed by atoms with Crippen molar-refractivity contribution in [3.05, 3.63) is 54.2 Å². The molecular formula is C21H19N7OS. The molecule has 3 heterocycles. The molecule has 0 unspecified atom stereocenters. The van der Waals surface area contributed by atoms with Crippen LogP contribution in [0.15, 0.2) is 52.0 Å². The lowest BCUT2D eigenvalue weighted by atomic mass is 9.87. The molecule has 0 saturated heterocycles. The van der Waals surface area contributed by atoms with E-state index >= 15 is 0 Å². The highest BCUT2D eigenvalue weighted by molar-refractivity contribution is 7.97. The van der Waals surface area contributed by atoms with Gasteiger partial charge in [-0.15, -0.1) is 10.2 Å². The van der Waals surface area contributed by atoms with Crippen LogP contribution in [0.5, 0.6) is 0 Å². The van der Waals surface area contributed by atoms with Gasteiger partial charge in [0.2, 0.25) is 5.89 Å². The Labute approximate surface area is 177 Å². The number of nitrogens with one attached hydrogen (secondary N) is 3. The van der Waals surface area contributed by atoms with Crippen molar-refractivity contribution in [2.45, 2.75) is 36.7 Å². The first-order valence-corrected chi connectivity index (χ1v) is 10.5. The van der Waals surface area contributed by atoms with Crippen LogP contribution in [0, 0.1) is 18.3 Å². The molecule has 5 rings (SSSR count). The van der Waals surface area contributed by atoms with Gasteiger partial charge >= 0.3 is 0 Å². The fourth-order valence-electron chi connectivity index (χ4n) is 3.55. The Balaban J connectivity index is 1.27. The maximum atomic E-state index is 9.03. The molecule has 3 aromatic heterocycles. The van der Waals surface area contributed by atoms with Crippen LogP contribution in [0.3, 0.4) is 0 Å². The number of aryl methyl sites for hydroxylation is 1. The van der Waals surface area contributed by atoms with E-state index in [9.17, 15) is 0 Å². The van der Waals surface area contributed by atoms with E-state index < -0.39 is 0 Å². The van der Waals surface area contributed by atoms with Crippen molar-refractivity contribution in [2.24, 2.45) is 0 Å². The van der Waals surface area contributed by atoms with Crippen LogP contribution in [0.2, 0.25) is 0 Å². The van der Waals surface area contributed by atoms with Crippen molar-refractivity contribution < 1.29 is 4.42 Å². The number of aromatic nitrogens is 4. The lowest BCUT2D eigenvalue weighted by Gasteiger charge is -2.37. The fraction of sp³-hybridized carbons (Fsp3) is 0.238. The standard InChI is InChI=1S/C21H19N7OS/c1-12-26-27-21(29-12)18-11-24-20-17(5-6-23-20)19(18)25-14-8-15(9-14)28-30-16-4-2-3-13(7-16)10-22/h2-7,11,14-15,28H,8-9H2,1H3,(H2,23,24,25). The van der Waals surface area contributed by atoms with Crippen LogP contribution < -0.4 is 10.0 Å². The van der Waals surface area contributed by atoms with E-state index in [1.54, 1.807) is 25.1 Å². The van der Waals surface area contributed by atoms with E-state index in [1.165, 1.54) is 0 Å². The first kappa shape index (κ1) is 18.7. The number of benzene rings is 1. The van der Waals surface area contributed by atoms with Crippen molar-refractivity contribution in [3.63, 3.8) is 0 Å². The highest BCUT2D eigenvalue weighted by Gasteiger charge is 2.30. The molecule has 1 aromatic carbocycles. The molecular weight excluding hydrogens is 398 g/mol. The molecule has 1 saturated carbocycles. The molecule has 1 fully saturated rings. The van der Waals surface area contributed by atoms with Crippen LogP contribution >= 0.6 is 11.9 Å². The van der Waals surface area contributed by atoms with Crippen molar-refractivity contribution in [1.82, 2.24) is 24.9 Å². The van der Waals surface area contributed by atoms with Crippen molar-refractivity contribution in [2.75, 3.05) is 5.32 Å². The summed E-state index contributed by atoms with van der Waals surface area (Å²) in [6.07, 6.45) is 5.62. The minimum atomic E-state index is 0.330. The van der Waals surface area contributed by atoms with E-state index in [4.69, 9.17) is 9.68 Å². The molecule has 9 heteroatoms. The third-order valence-corrected chi connectivity index (χ3v) is 6.08. The first-order valence-electron chi connectivity index (χ1n) is 9.65. The molecule has 3 N–H and O–H groups in total. The van der Waals surface area contributed by atoms with E-state index in [-0.39, 0.29) is 0 Å². The van der Waals surface area contributed by atoms with Gasteiger partial charge in [0.05, 0.1) is 22.9 Å². The van der Waals surface area contributed by atoms with Crippen LogP contribution in [-0.2, 0) is 0 Å². The Hall–Kier alpha value is -3.35. The van der Waals surface area contributed by atoms with Gasteiger partial charge in [-0.05, 0) is 49.1 Å². The summed E-state index contributed by atoms with van der Waals surface area (Å²) in [6.45, 7) is 1.78. The van der Waals surface area contributed by atoms with E-state index in [2.05, 4.69) is 36.3 Å². The summed E-state index contributed by atoms with van der Waals surface area (Å²) < 4.78 is 9.14. The van der Waals surface area contributed by atoms with Crippen LogP contribution in [-0.4, -0.2) is 32.2 Å². The number of H-pyrrole nitrogens is 1. The minimum absolute atomic E-state index is 0.330. The van der Waals surface area contributed by atoms with E-state index in [1.807, 2.05) is 36.5 Å². The van der Waals surface area contributed by atoms with Gasteiger partial charge in [0, 0.05) is 41.7 Å². The van der Waals surface area contributed by atoms with Gasteiger partial charge in [-0.3, -0.25) is 4.72 Å². The smallest absolute Gasteiger partial charge is 0.251 e. The average Bonchev–Trinajstić information content (AvgIpc) is 3.38. The maximum absolute atomic E-state index is 9.03. The molecule has 0 spiro atoms. The van der Waals surface area contributed by atoms with Crippen molar-refractivity contribution >= 4 is 28.7 Å². The fourth-order valence-corrected chi connectivity index (χ4v) is 4.38. The summed E-state index contributed by atoms with van der Waals surface area (Å²) in [5.74, 6) is 0.989. The molecule has 0 aliphatic heterocycles. The lowest BCUT2D eigenvalue weighted by Crippen LogP contribution is -2.45. The second-order valence-corrected chi connectivity index (χ2v) is 8.19. The van der Waals surface area contributed by atoms with Crippen molar-refractivity contribution in [3.8, 4) is 17.5 Å². The summed E-state index contributed by atoms with van der Waals surface area (Å²) in [5.41, 5.74) is 3.26. The molecule has 1 aliphatic carbocycles. The Morgan fingerprint density at radius 3 is 2.93 bits per heavy atom. The number of fused-ring (bicyclic) bond motifs is 1. The van der Waals surface area contributed by atoms with Gasteiger partial charge in [0.1, 0.15) is 5.65 Å². The summed E-state index contributed by atoms with van der Waals surface area (Å²) in [6, 6.07) is 12.5. The van der Waals surface area contributed by atoms with Gasteiger partial charge in [-0.1, -0.05) is 6.07 Å². The molecule has 150 valence electrons. The molecule has 0 radical (unpaired) electrons. The quantitative estimate of drug-likeness (QED) is 0.403. The molecule has 4 aromatic rings. The second-order valence-electron chi connectivity index (χ2n) is 7.28. The number of aromatic amines is 1. The third kappa shape index (κ3) is 3.63. The van der Waals surface area contributed by atoms with Gasteiger partial charge in [-0.25, -0.2) is 4.98 Å². The Morgan fingerprint density at radius 2 is 2.13 bits per heavy atom. The highest BCUT2D eigenvalue weighted by Crippen LogP contribution is 2.36. The lowest BCUT2D eigenvalue weighted by molar-refractivity contribution is 0.355. The van der Waals surface area contributed by atoms with Gasteiger partial charge in [-0.2, -0.15) is 5.26 Å². The molecule has 1 aliphatic rings. The van der Waals surface area contributed by atoms with Crippen molar-refractivity contribution in [1.29, 1.82) is 5.26 Å². The van der Waals surface area contributed by atoms with Crippen LogP contribution in [0.4, 0.5) is 5.69 Å². The summed E-state index contributed by atoms with van der Waals surface area (Å²) in [4.78, 5) is 8.67. The monoisotopic (exact) mass is 417 g/mol. The number of nitriles is 1. The predicted octanol–water partition coefficient (Wildman–Crippen LogP) is 4.03. The topological polar surface area (TPSA) is 115 Å². The zero-order valence-electron chi connectivity index (χ0n) is 16.2. The molecule has 0 atom stereocenters. The second kappa shape index (κ2) is 7.82. The zero-order valence-corrected chi connectivity index (χ0v) is 17.0. The van der Waals surface area contributed by atoms with Gasteiger partial charge < -0.3 is 14.7 Å². The first-order chi connectivity index (χ1) is 14.7. The SMILES string of the molecule is Cc1nnc(-c2cnc3[nH]ccc3c2NC2CC(NSc3cccc(C#N)c3)C2)o1. The third-order valence-electron chi connectivity index (χ3n) is 5.14. The number of anilines is 1. The minimum Gasteiger partial charge on any atom is -0.421 e. The number of rotatable bonds is 6. The van der Waals surface area contributed by atoms with E-state index in [0.717, 1.165) is 40.0 Å². The summed E-state index contributed by atoms with van der Waals surface area (Å²) in [7, 11) is 0. The van der Waals surface area contributed by atoms with Gasteiger partial charge in [0.25, 0.3) is 5.89 Å². The van der Waals surface area contributed by atoms with Crippen LogP contribution in [0.1, 0.15) is 24.3 Å². The number of nitrogens with zero attached hydrogens (tertiary/aromatic N) is 4. The number of hydrogen-bond acceptors (Lipinski definition) is 8. The maximum Gasteiger partial charge on any atom is 0.251 e. The number of pyridine rings is 1. The van der Waals surface area contributed by atoms with E-state index in [0.29, 0.717) is 29.4 Å². The molecule has 0 bridgehead atoms. The largest absolute Gasteiger partial charge is 0.421 e. The summed E-state index contributed by atoms with van der Waals surface area (Å²) >= 11 is 1.57. The molecule has 30 heavy (non-hydrogen) atoms. The summed E-state index contributed by atoms with van der Waals surface area (Å²) in [5, 5.41) is 21.8. The average molecular weight is 417 g/mol. The predicted molar refractivity (Wildman–Crippen MR) is 115 cm³/mol. The molecule has 8 nitrogen and oxygen atoms in total. The van der Waals surface area contributed by atoms with Crippen LogP contribution in [0.25, 0.3) is 22.5 Å². The van der Waals surface area contributed by atoms with Gasteiger partial charge in [0.15, 0.2) is 0 Å². The Kier molecular flexibility index (Phi) is 4.86. The zero-order chi connectivity index (χ0) is 20.5. The Bertz CT molecular complexity index is 1240. The number of hydrogen-bond donors (Lipinski definition) is 3. The Morgan fingerprint density at radius 1 is 1.23 bits per heavy atom. The highest BCUT2D eigenvalue weighted by atomic mass is 32.2. The normalized spacial score (nSPS) is 18.1.